The van der Waals surface area contributed by atoms with Gasteiger partial charge in [0.05, 0.1) is 0 Å². The second-order valence-corrected chi connectivity index (χ2v) is 11.2. The first-order chi connectivity index (χ1) is 15.8. The maximum absolute atomic E-state index is 9.35. The van der Waals surface area contributed by atoms with E-state index in [4.69, 9.17) is 0 Å². The quantitative estimate of drug-likeness (QED) is 0.134. The Bertz CT molecular complexity index is 728. The van der Waals surface area contributed by atoms with Gasteiger partial charge in [-0.25, -0.2) is 4.57 Å². The van der Waals surface area contributed by atoms with E-state index in [2.05, 4.69) is 69.8 Å². The number of aromatic hydroxyl groups is 1. The topological polar surface area (TPSA) is 24.1 Å². The van der Waals surface area contributed by atoms with Crippen molar-refractivity contribution in [3.8, 4) is 5.75 Å². The molecule has 0 unspecified atom stereocenters. The Hall–Kier alpha value is -1.39. The Balaban J connectivity index is 1.43. The normalized spacial score (nSPS) is 11.4. The van der Waals surface area contributed by atoms with Crippen LogP contribution >= 0.6 is 21.6 Å². The number of benzene rings is 1. The highest BCUT2D eigenvalue weighted by Gasteiger charge is 2.00. The summed E-state index contributed by atoms with van der Waals surface area (Å²) in [6, 6.07) is 11.6. The first-order valence-corrected chi connectivity index (χ1v) is 15.0. The van der Waals surface area contributed by atoms with Gasteiger partial charge in [0.25, 0.3) is 0 Å². The maximum Gasteiger partial charge on any atom is 0.169 e. The molecule has 0 saturated carbocycles. The lowest BCUT2D eigenvalue weighted by atomic mass is 10.1. The van der Waals surface area contributed by atoms with Gasteiger partial charge >= 0.3 is 0 Å². The monoisotopic (exact) mass is 472 g/mol. The van der Waals surface area contributed by atoms with Crippen LogP contribution in [0.15, 0.2) is 48.8 Å². The summed E-state index contributed by atoms with van der Waals surface area (Å²) < 4.78 is 2.29. The zero-order valence-electron chi connectivity index (χ0n) is 19.9. The van der Waals surface area contributed by atoms with Crippen molar-refractivity contribution in [2.24, 2.45) is 0 Å². The van der Waals surface area contributed by atoms with Gasteiger partial charge in [-0.05, 0) is 42.5 Å². The highest BCUT2D eigenvalue weighted by Crippen LogP contribution is 2.24. The molecule has 0 amide bonds. The number of aryl methyl sites for hydroxylation is 1. The van der Waals surface area contributed by atoms with Crippen LogP contribution in [0.1, 0.15) is 88.7 Å². The van der Waals surface area contributed by atoms with Crippen LogP contribution in [0.2, 0.25) is 0 Å². The van der Waals surface area contributed by atoms with E-state index >= 15 is 0 Å². The van der Waals surface area contributed by atoms with Gasteiger partial charge in [0.15, 0.2) is 12.4 Å². The van der Waals surface area contributed by atoms with E-state index in [1.807, 2.05) is 12.1 Å². The van der Waals surface area contributed by atoms with Crippen LogP contribution in [0.4, 0.5) is 0 Å². The van der Waals surface area contributed by atoms with E-state index < -0.39 is 0 Å². The molecule has 0 atom stereocenters. The van der Waals surface area contributed by atoms with Crippen molar-refractivity contribution in [1.29, 1.82) is 0 Å². The summed E-state index contributed by atoms with van der Waals surface area (Å²) in [5.74, 6) is 2.96. The fourth-order valence-electron chi connectivity index (χ4n) is 3.52. The highest BCUT2D eigenvalue weighted by atomic mass is 33.1. The molecule has 0 radical (unpaired) electrons. The Morgan fingerprint density at radius 3 is 1.75 bits per heavy atom. The van der Waals surface area contributed by atoms with Gasteiger partial charge in [0.2, 0.25) is 0 Å². The van der Waals surface area contributed by atoms with Crippen LogP contribution < -0.4 is 4.57 Å². The van der Waals surface area contributed by atoms with Crippen LogP contribution in [0, 0.1) is 0 Å². The molecule has 0 spiro atoms. The highest BCUT2D eigenvalue weighted by molar-refractivity contribution is 8.76. The maximum atomic E-state index is 9.35. The SMILES string of the molecule is CCCCSSCCCCCCCCCCC[n+]1ccc(/C=C/c2ccc(O)cc2)cc1. The van der Waals surface area contributed by atoms with E-state index in [0.29, 0.717) is 5.75 Å². The Kier molecular flexibility index (Phi) is 15.2. The predicted molar refractivity (Wildman–Crippen MR) is 145 cm³/mol. The molecule has 0 saturated heterocycles. The average molecular weight is 473 g/mol. The number of hydrogen-bond acceptors (Lipinski definition) is 3. The number of phenols is 1. The molecule has 1 aromatic carbocycles. The summed E-state index contributed by atoms with van der Waals surface area (Å²) in [6.45, 7) is 3.38. The summed E-state index contributed by atoms with van der Waals surface area (Å²) in [5.41, 5.74) is 2.29. The number of unbranched alkanes of at least 4 members (excludes halogenated alkanes) is 9. The fraction of sp³-hybridized carbons (Fsp3) is 0.536. The van der Waals surface area contributed by atoms with Crippen molar-refractivity contribution >= 4 is 33.7 Å². The molecule has 176 valence electrons. The number of rotatable bonds is 18. The van der Waals surface area contributed by atoms with E-state index in [9.17, 15) is 5.11 Å². The molecule has 2 aromatic rings. The minimum absolute atomic E-state index is 0.306. The molecule has 0 aliphatic carbocycles. The molecule has 2 rings (SSSR count). The van der Waals surface area contributed by atoms with Crippen molar-refractivity contribution in [3.63, 3.8) is 0 Å². The van der Waals surface area contributed by atoms with E-state index in [0.717, 1.165) is 12.1 Å². The van der Waals surface area contributed by atoms with Crippen molar-refractivity contribution in [2.45, 2.75) is 84.1 Å². The molecule has 4 heteroatoms. The van der Waals surface area contributed by atoms with Crippen LogP contribution in [-0.4, -0.2) is 16.6 Å². The van der Waals surface area contributed by atoms with Crippen molar-refractivity contribution < 1.29 is 9.67 Å². The lowest BCUT2D eigenvalue weighted by Crippen LogP contribution is -2.32. The molecule has 2 nitrogen and oxygen atoms in total. The molecule has 1 N–H and O–H groups in total. The smallest absolute Gasteiger partial charge is 0.169 e. The summed E-state index contributed by atoms with van der Waals surface area (Å²) >= 11 is 0. The minimum atomic E-state index is 0.306. The minimum Gasteiger partial charge on any atom is -0.508 e. The van der Waals surface area contributed by atoms with Gasteiger partial charge < -0.3 is 5.11 Å². The largest absolute Gasteiger partial charge is 0.508 e. The first kappa shape index (κ1) is 26.9. The lowest BCUT2D eigenvalue weighted by Gasteiger charge is -2.03. The fourth-order valence-corrected chi connectivity index (χ4v) is 5.90. The standard InChI is InChI=1S/C28H41NOS2/c1-2-3-24-31-32-25-12-10-8-6-4-5-7-9-11-21-29-22-19-27(20-23-29)14-13-26-15-17-28(30)18-16-26/h13-20,22-23H,2-12,21,24-25H2,1H3/p+1. The number of phenolic OH excluding ortho intramolecular Hbond substituents is 1. The van der Waals surface area contributed by atoms with Gasteiger partial charge in [0, 0.05) is 30.1 Å². The van der Waals surface area contributed by atoms with Crippen LogP contribution in [-0.2, 0) is 6.54 Å². The molecular weight excluding hydrogens is 430 g/mol. The van der Waals surface area contributed by atoms with Gasteiger partial charge in [-0.15, -0.1) is 0 Å². The molecule has 1 aromatic heterocycles. The number of hydrogen-bond donors (Lipinski definition) is 1. The Morgan fingerprint density at radius 2 is 1.16 bits per heavy atom. The van der Waals surface area contributed by atoms with Gasteiger partial charge in [-0.1, -0.05) is 97.7 Å². The van der Waals surface area contributed by atoms with Crippen molar-refractivity contribution in [2.75, 3.05) is 11.5 Å². The predicted octanol–water partition coefficient (Wildman–Crippen LogP) is 8.54. The summed E-state index contributed by atoms with van der Waals surface area (Å²) in [7, 11) is 4.14. The zero-order valence-corrected chi connectivity index (χ0v) is 21.5. The Morgan fingerprint density at radius 1 is 0.656 bits per heavy atom. The van der Waals surface area contributed by atoms with Crippen LogP contribution in [0.3, 0.4) is 0 Å². The third kappa shape index (κ3) is 13.2. The van der Waals surface area contributed by atoms with Crippen LogP contribution in [0.25, 0.3) is 12.2 Å². The van der Waals surface area contributed by atoms with Crippen molar-refractivity contribution in [1.82, 2.24) is 0 Å². The lowest BCUT2D eigenvalue weighted by molar-refractivity contribution is -0.697. The third-order valence-corrected chi connectivity index (χ3v) is 8.16. The van der Waals surface area contributed by atoms with Crippen LogP contribution in [0.5, 0.6) is 5.75 Å². The summed E-state index contributed by atoms with van der Waals surface area (Å²) in [5, 5.41) is 9.35. The van der Waals surface area contributed by atoms with Gasteiger partial charge in [-0.2, -0.15) is 0 Å². The first-order valence-electron chi connectivity index (χ1n) is 12.5. The Labute approximate surface area is 204 Å². The number of nitrogens with zero attached hydrogens (tertiary/aromatic N) is 1. The third-order valence-electron chi connectivity index (χ3n) is 5.59. The number of aromatic nitrogens is 1. The number of pyridine rings is 1. The molecule has 0 aliphatic rings. The molecule has 0 aliphatic heterocycles. The summed E-state index contributed by atoms with van der Waals surface area (Å²) in [4.78, 5) is 0. The molecule has 0 fully saturated rings. The second kappa shape index (κ2) is 18.1. The zero-order chi connectivity index (χ0) is 22.7. The second-order valence-electron chi connectivity index (χ2n) is 8.47. The molecule has 0 bridgehead atoms. The molecule has 32 heavy (non-hydrogen) atoms. The molecule has 1 heterocycles. The van der Waals surface area contributed by atoms with E-state index in [1.54, 1.807) is 12.1 Å². The molecular formula is C28H42NOS2+. The average Bonchev–Trinajstić information content (AvgIpc) is 2.82. The van der Waals surface area contributed by atoms with Crippen molar-refractivity contribution in [3.05, 3.63) is 59.9 Å². The van der Waals surface area contributed by atoms with Gasteiger partial charge in [0.1, 0.15) is 12.3 Å². The van der Waals surface area contributed by atoms with E-state index in [1.165, 1.54) is 87.7 Å². The van der Waals surface area contributed by atoms with E-state index in [-0.39, 0.29) is 0 Å². The van der Waals surface area contributed by atoms with Gasteiger partial charge in [-0.3, -0.25) is 0 Å². The summed E-state index contributed by atoms with van der Waals surface area (Å²) in [6.07, 6.45) is 23.7.